The number of benzene rings is 1. The standard InChI is InChI=1S/C17H26ClN3O2/c1-2-19-17(20-9-14-5-3-4-6-16(14)18)21-10-15(22)12-23-11-13-7-8-13/h3-6,13,15,22H,2,7-12H2,1H3,(H2,19,20,21). The van der Waals surface area contributed by atoms with E-state index in [2.05, 4.69) is 15.6 Å². The Morgan fingerprint density at radius 2 is 2.17 bits per heavy atom. The molecule has 0 spiro atoms. The van der Waals surface area contributed by atoms with Crippen molar-refractivity contribution >= 4 is 17.6 Å². The molecule has 6 heteroatoms. The summed E-state index contributed by atoms with van der Waals surface area (Å²) in [6, 6.07) is 7.65. The Bertz CT molecular complexity index is 506. The molecule has 1 aromatic rings. The Kier molecular flexibility index (Phi) is 7.65. The minimum atomic E-state index is -0.544. The zero-order valence-corrected chi connectivity index (χ0v) is 14.4. The number of nitrogens with one attached hydrogen (secondary N) is 2. The zero-order chi connectivity index (χ0) is 16.5. The third-order valence-corrected chi connectivity index (χ3v) is 3.94. The van der Waals surface area contributed by atoms with Crippen molar-refractivity contribution in [3.05, 3.63) is 34.9 Å². The van der Waals surface area contributed by atoms with Crippen molar-refractivity contribution < 1.29 is 9.84 Å². The van der Waals surface area contributed by atoms with E-state index in [0.717, 1.165) is 18.7 Å². The van der Waals surface area contributed by atoms with Crippen molar-refractivity contribution in [3.8, 4) is 0 Å². The predicted octanol–water partition coefficient (Wildman–Crippen LogP) is 2.18. The van der Waals surface area contributed by atoms with Gasteiger partial charge in [-0.3, -0.25) is 0 Å². The summed E-state index contributed by atoms with van der Waals surface area (Å²) in [5.41, 5.74) is 0.972. The van der Waals surface area contributed by atoms with Gasteiger partial charge in [0.2, 0.25) is 0 Å². The largest absolute Gasteiger partial charge is 0.389 e. The van der Waals surface area contributed by atoms with E-state index in [4.69, 9.17) is 16.3 Å². The Morgan fingerprint density at radius 1 is 1.39 bits per heavy atom. The number of halogens is 1. The molecule has 0 heterocycles. The molecular formula is C17H26ClN3O2. The maximum Gasteiger partial charge on any atom is 0.191 e. The molecule has 0 aliphatic heterocycles. The summed E-state index contributed by atoms with van der Waals surface area (Å²) in [6.07, 6.45) is 1.97. The number of ether oxygens (including phenoxy) is 1. The van der Waals surface area contributed by atoms with Gasteiger partial charge in [0, 0.05) is 24.7 Å². The fraction of sp³-hybridized carbons (Fsp3) is 0.588. The highest BCUT2D eigenvalue weighted by molar-refractivity contribution is 6.31. The Labute approximate surface area is 143 Å². The van der Waals surface area contributed by atoms with E-state index in [-0.39, 0.29) is 0 Å². The number of hydrogen-bond acceptors (Lipinski definition) is 3. The van der Waals surface area contributed by atoms with E-state index >= 15 is 0 Å². The number of nitrogens with zero attached hydrogens (tertiary/aromatic N) is 1. The smallest absolute Gasteiger partial charge is 0.191 e. The highest BCUT2D eigenvalue weighted by Gasteiger charge is 2.21. The van der Waals surface area contributed by atoms with Gasteiger partial charge in [0.15, 0.2) is 5.96 Å². The number of guanidine groups is 1. The summed E-state index contributed by atoms with van der Waals surface area (Å²) in [5, 5.41) is 16.9. The summed E-state index contributed by atoms with van der Waals surface area (Å²) in [4.78, 5) is 4.49. The van der Waals surface area contributed by atoms with Crippen LogP contribution in [-0.2, 0) is 11.3 Å². The molecule has 0 bridgehead atoms. The van der Waals surface area contributed by atoms with Gasteiger partial charge < -0.3 is 20.5 Å². The van der Waals surface area contributed by atoms with E-state index in [1.54, 1.807) is 0 Å². The van der Waals surface area contributed by atoms with E-state index < -0.39 is 6.10 Å². The van der Waals surface area contributed by atoms with Crippen LogP contribution in [-0.4, -0.2) is 43.5 Å². The number of aliphatic hydroxyl groups excluding tert-OH is 1. The van der Waals surface area contributed by atoms with E-state index in [0.29, 0.717) is 36.6 Å². The fourth-order valence-corrected chi connectivity index (χ4v) is 2.26. The first-order valence-corrected chi connectivity index (χ1v) is 8.58. The van der Waals surface area contributed by atoms with Gasteiger partial charge in [0.1, 0.15) is 0 Å². The van der Waals surface area contributed by atoms with Crippen molar-refractivity contribution in [2.75, 3.05) is 26.3 Å². The van der Waals surface area contributed by atoms with Crippen LogP contribution < -0.4 is 10.6 Å². The minimum absolute atomic E-state index is 0.355. The summed E-state index contributed by atoms with van der Waals surface area (Å²) >= 11 is 6.13. The van der Waals surface area contributed by atoms with Crippen LogP contribution in [0, 0.1) is 5.92 Å². The van der Waals surface area contributed by atoms with Crippen molar-refractivity contribution in [2.45, 2.75) is 32.4 Å². The predicted molar refractivity (Wildman–Crippen MR) is 93.8 cm³/mol. The molecule has 128 valence electrons. The average Bonchev–Trinajstić information content (AvgIpc) is 3.36. The lowest BCUT2D eigenvalue weighted by Crippen LogP contribution is -2.42. The monoisotopic (exact) mass is 339 g/mol. The molecule has 0 amide bonds. The van der Waals surface area contributed by atoms with Gasteiger partial charge in [-0.05, 0) is 37.3 Å². The molecule has 23 heavy (non-hydrogen) atoms. The van der Waals surface area contributed by atoms with Gasteiger partial charge >= 0.3 is 0 Å². The van der Waals surface area contributed by atoms with Crippen molar-refractivity contribution in [1.82, 2.24) is 10.6 Å². The number of aliphatic hydroxyl groups is 1. The highest BCUT2D eigenvalue weighted by Crippen LogP contribution is 2.28. The Balaban J connectivity index is 1.75. The lowest BCUT2D eigenvalue weighted by molar-refractivity contribution is 0.0345. The van der Waals surface area contributed by atoms with Gasteiger partial charge in [-0.15, -0.1) is 0 Å². The van der Waals surface area contributed by atoms with Crippen LogP contribution in [0.15, 0.2) is 29.3 Å². The van der Waals surface area contributed by atoms with Crippen LogP contribution in [0.2, 0.25) is 5.02 Å². The maximum atomic E-state index is 9.94. The first-order chi connectivity index (χ1) is 11.2. The van der Waals surface area contributed by atoms with Crippen molar-refractivity contribution in [1.29, 1.82) is 0 Å². The second-order valence-electron chi connectivity index (χ2n) is 5.80. The van der Waals surface area contributed by atoms with Gasteiger partial charge in [-0.1, -0.05) is 29.8 Å². The third kappa shape index (κ3) is 7.20. The van der Waals surface area contributed by atoms with E-state index in [9.17, 15) is 5.11 Å². The minimum Gasteiger partial charge on any atom is -0.389 e. The number of rotatable bonds is 9. The molecular weight excluding hydrogens is 314 g/mol. The lowest BCUT2D eigenvalue weighted by atomic mass is 10.2. The second-order valence-corrected chi connectivity index (χ2v) is 6.21. The first-order valence-electron chi connectivity index (χ1n) is 8.20. The Morgan fingerprint density at radius 3 is 2.87 bits per heavy atom. The summed E-state index contributed by atoms with van der Waals surface area (Å²) in [6.45, 7) is 4.76. The van der Waals surface area contributed by atoms with Gasteiger partial charge in [-0.2, -0.15) is 0 Å². The molecule has 1 atom stereocenters. The van der Waals surface area contributed by atoms with Crippen LogP contribution >= 0.6 is 11.6 Å². The van der Waals surface area contributed by atoms with Crippen LogP contribution in [0.25, 0.3) is 0 Å². The quantitative estimate of drug-likeness (QED) is 0.476. The molecule has 1 fully saturated rings. The molecule has 1 aliphatic carbocycles. The fourth-order valence-electron chi connectivity index (χ4n) is 2.06. The summed E-state index contributed by atoms with van der Waals surface area (Å²) in [5.74, 6) is 1.37. The SMILES string of the molecule is CCNC(=NCc1ccccc1Cl)NCC(O)COCC1CC1. The molecule has 1 aliphatic rings. The molecule has 3 N–H and O–H groups in total. The van der Waals surface area contributed by atoms with E-state index in [1.807, 2.05) is 31.2 Å². The first kappa shape index (κ1) is 18.0. The number of aliphatic imine (C=N–C) groups is 1. The lowest BCUT2D eigenvalue weighted by Gasteiger charge is -2.15. The topological polar surface area (TPSA) is 65.9 Å². The summed E-state index contributed by atoms with van der Waals surface area (Å²) < 4.78 is 5.49. The van der Waals surface area contributed by atoms with Crippen LogP contribution in [0.3, 0.4) is 0 Å². The van der Waals surface area contributed by atoms with E-state index in [1.165, 1.54) is 12.8 Å². The van der Waals surface area contributed by atoms with Crippen LogP contribution in [0.5, 0.6) is 0 Å². The number of hydrogen-bond donors (Lipinski definition) is 3. The molecule has 0 saturated heterocycles. The average molecular weight is 340 g/mol. The molecule has 0 radical (unpaired) electrons. The summed E-state index contributed by atoms with van der Waals surface area (Å²) in [7, 11) is 0. The molecule has 5 nitrogen and oxygen atoms in total. The van der Waals surface area contributed by atoms with Gasteiger partial charge in [0.25, 0.3) is 0 Å². The molecule has 1 aromatic carbocycles. The Hall–Kier alpha value is -1.30. The molecule has 2 rings (SSSR count). The van der Waals surface area contributed by atoms with Gasteiger partial charge in [0.05, 0.1) is 19.3 Å². The zero-order valence-electron chi connectivity index (χ0n) is 13.6. The van der Waals surface area contributed by atoms with Crippen molar-refractivity contribution in [2.24, 2.45) is 10.9 Å². The van der Waals surface area contributed by atoms with Crippen LogP contribution in [0.4, 0.5) is 0 Å². The highest BCUT2D eigenvalue weighted by atomic mass is 35.5. The third-order valence-electron chi connectivity index (χ3n) is 3.58. The van der Waals surface area contributed by atoms with Crippen molar-refractivity contribution in [3.63, 3.8) is 0 Å². The molecule has 1 saturated carbocycles. The second kappa shape index (κ2) is 9.75. The normalized spacial score (nSPS) is 16.2. The van der Waals surface area contributed by atoms with Crippen LogP contribution in [0.1, 0.15) is 25.3 Å². The maximum absolute atomic E-state index is 9.94. The molecule has 1 unspecified atom stereocenters. The molecule has 0 aromatic heterocycles. The van der Waals surface area contributed by atoms with Gasteiger partial charge in [-0.25, -0.2) is 4.99 Å².